The monoisotopic (exact) mass is 499 g/mol. The largest absolute Gasteiger partial charge is 0.352 e. The number of carbonyl (C=O) groups is 1. The fourth-order valence-electron chi connectivity index (χ4n) is 4.23. The first-order valence-electron chi connectivity index (χ1n) is 11.4. The number of nitrogens with one attached hydrogen (secondary N) is 2. The molecule has 1 aromatic heterocycles. The van der Waals surface area contributed by atoms with Crippen molar-refractivity contribution in [2.24, 2.45) is 0 Å². The van der Waals surface area contributed by atoms with E-state index in [9.17, 15) is 13.2 Å². The minimum atomic E-state index is -3.72. The fraction of sp³-hybridized carbons (Fsp3) is 0.375. The van der Waals surface area contributed by atoms with Crippen LogP contribution in [-0.2, 0) is 16.4 Å². The standard InChI is InChI=1S/C24H29N5O3S2/c1-33-24-27-26-22(29(24)20-11-5-6-12-20)15-8-16-25-23(30)18-9-7-10-19(17-18)28-34(31,32)21-13-3-2-4-14-21/h2-4,7,9-10,13-14,17,20,28H,5-6,8,11-12,15-16H2,1H3,(H,25,30). The molecular formula is C24H29N5O3S2. The Labute approximate surface area is 204 Å². The van der Waals surface area contributed by atoms with Gasteiger partial charge in [-0.3, -0.25) is 9.52 Å². The maximum atomic E-state index is 12.6. The number of nitrogens with zero attached hydrogens (tertiary/aromatic N) is 3. The highest BCUT2D eigenvalue weighted by Gasteiger charge is 2.23. The van der Waals surface area contributed by atoms with Gasteiger partial charge in [-0.2, -0.15) is 0 Å². The molecule has 0 saturated heterocycles. The number of hydrogen-bond acceptors (Lipinski definition) is 6. The van der Waals surface area contributed by atoms with Crippen LogP contribution in [0.5, 0.6) is 0 Å². The lowest BCUT2D eigenvalue weighted by atomic mass is 10.2. The molecule has 1 saturated carbocycles. The van der Waals surface area contributed by atoms with Gasteiger partial charge in [0.1, 0.15) is 5.82 Å². The summed E-state index contributed by atoms with van der Waals surface area (Å²) < 4.78 is 29.9. The number of amides is 1. The van der Waals surface area contributed by atoms with Gasteiger partial charge in [0.15, 0.2) is 5.16 Å². The molecule has 0 spiro atoms. The third-order valence-corrected chi connectivity index (χ3v) is 7.94. The van der Waals surface area contributed by atoms with E-state index < -0.39 is 10.0 Å². The van der Waals surface area contributed by atoms with Crippen LogP contribution in [0.15, 0.2) is 64.6 Å². The number of aryl methyl sites for hydroxylation is 1. The molecule has 10 heteroatoms. The summed E-state index contributed by atoms with van der Waals surface area (Å²) in [6.07, 6.45) is 8.32. The van der Waals surface area contributed by atoms with Crippen molar-refractivity contribution in [3.63, 3.8) is 0 Å². The smallest absolute Gasteiger partial charge is 0.261 e. The molecule has 1 aliphatic rings. The summed E-state index contributed by atoms with van der Waals surface area (Å²) in [5.41, 5.74) is 0.734. The normalized spacial score (nSPS) is 14.3. The van der Waals surface area contributed by atoms with E-state index in [-0.39, 0.29) is 10.8 Å². The molecule has 1 heterocycles. The number of benzene rings is 2. The van der Waals surface area contributed by atoms with E-state index in [0.717, 1.165) is 23.8 Å². The quantitative estimate of drug-likeness (QED) is 0.319. The summed E-state index contributed by atoms with van der Waals surface area (Å²) in [6, 6.07) is 15.1. The molecule has 1 fully saturated rings. The van der Waals surface area contributed by atoms with Gasteiger partial charge in [0.2, 0.25) is 0 Å². The Bertz CT molecular complexity index is 1220. The van der Waals surface area contributed by atoms with E-state index in [0.29, 0.717) is 23.8 Å². The molecule has 1 amide bonds. The van der Waals surface area contributed by atoms with Gasteiger partial charge in [-0.05, 0) is 55.9 Å². The summed E-state index contributed by atoms with van der Waals surface area (Å²) in [6.45, 7) is 0.491. The molecule has 180 valence electrons. The van der Waals surface area contributed by atoms with Gasteiger partial charge < -0.3 is 9.88 Å². The molecule has 0 unspecified atom stereocenters. The Hall–Kier alpha value is -2.85. The number of anilines is 1. The average Bonchev–Trinajstić information content (AvgIpc) is 3.51. The average molecular weight is 500 g/mol. The molecule has 3 aromatic rings. The molecule has 4 rings (SSSR count). The molecule has 1 aliphatic carbocycles. The maximum Gasteiger partial charge on any atom is 0.261 e. The van der Waals surface area contributed by atoms with Gasteiger partial charge >= 0.3 is 0 Å². The highest BCUT2D eigenvalue weighted by Crippen LogP contribution is 2.33. The zero-order chi connectivity index (χ0) is 24.0. The lowest BCUT2D eigenvalue weighted by Gasteiger charge is -2.16. The molecule has 8 nitrogen and oxygen atoms in total. The molecule has 0 radical (unpaired) electrons. The van der Waals surface area contributed by atoms with E-state index in [2.05, 4.69) is 24.8 Å². The number of rotatable bonds is 10. The number of hydrogen-bond donors (Lipinski definition) is 2. The summed E-state index contributed by atoms with van der Waals surface area (Å²) >= 11 is 1.62. The van der Waals surface area contributed by atoms with Gasteiger partial charge in [0.25, 0.3) is 15.9 Å². The Morgan fingerprint density at radius 3 is 2.59 bits per heavy atom. The van der Waals surface area contributed by atoms with Crippen LogP contribution in [0.1, 0.15) is 54.3 Å². The van der Waals surface area contributed by atoms with E-state index in [1.165, 1.54) is 43.9 Å². The molecule has 34 heavy (non-hydrogen) atoms. The summed E-state index contributed by atoms with van der Waals surface area (Å²) in [5.74, 6) is 0.727. The second-order valence-electron chi connectivity index (χ2n) is 8.27. The van der Waals surface area contributed by atoms with Crippen molar-refractivity contribution < 1.29 is 13.2 Å². The minimum absolute atomic E-state index is 0.167. The SMILES string of the molecule is CSc1nnc(CCCNC(=O)c2cccc(NS(=O)(=O)c3ccccc3)c2)n1C1CCCC1. The van der Waals surface area contributed by atoms with Crippen molar-refractivity contribution in [1.29, 1.82) is 0 Å². The zero-order valence-corrected chi connectivity index (χ0v) is 20.7. The highest BCUT2D eigenvalue weighted by molar-refractivity contribution is 7.98. The van der Waals surface area contributed by atoms with Crippen LogP contribution in [-0.4, -0.2) is 41.9 Å². The van der Waals surface area contributed by atoms with E-state index in [4.69, 9.17) is 0 Å². The molecule has 2 N–H and O–H groups in total. The Kier molecular flexibility index (Phi) is 7.89. The predicted octanol–water partition coefficient (Wildman–Crippen LogP) is 4.28. The third-order valence-electron chi connectivity index (χ3n) is 5.90. The fourth-order valence-corrected chi connectivity index (χ4v) is 5.88. The minimum Gasteiger partial charge on any atom is -0.352 e. The van der Waals surface area contributed by atoms with Gasteiger partial charge in [0, 0.05) is 30.3 Å². The van der Waals surface area contributed by atoms with Gasteiger partial charge in [-0.15, -0.1) is 10.2 Å². The molecule has 0 bridgehead atoms. The van der Waals surface area contributed by atoms with Crippen LogP contribution in [0.4, 0.5) is 5.69 Å². The Balaban J connectivity index is 1.33. The molecule has 0 aliphatic heterocycles. The van der Waals surface area contributed by atoms with Crippen LogP contribution in [0.2, 0.25) is 0 Å². The Morgan fingerprint density at radius 2 is 1.85 bits per heavy atom. The van der Waals surface area contributed by atoms with Gasteiger partial charge in [-0.1, -0.05) is 48.9 Å². The lowest BCUT2D eigenvalue weighted by Crippen LogP contribution is -2.25. The van der Waals surface area contributed by atoms with Crippen molar-refractivity contribution in [3.8, 4) is 0 Å². The number of aromatic nitrogens is 3. The van der Waals surface area contributed by atoms with Crippen LogP contribution in [0, 0.1) is 0 Å². The second-order valence-corrected chi connectivity index (χ2v) is 10.7. The topological polar surface area (TPSA) is 106 Å². The second kappa shape index (κ2) is 11.1. The van der Waals surface area contributed by atoms with Gasteiger partial charge in [0.05, 0.1) is 4.90 Å². The van der Waals surface area contributed by atoms with Crippen LogP contribution < -0.4 is 10.0 Å². The highest BCUT2D eigenvalue weighted by atomic mass is 32.2. The number of thioether (sulfide) groups is 1. The molecule has 2 aromatic carbocycles. The van der Waals surface area contributed by atoms with E-state index in [1.807, 2.05) is 6.26 Å². The van der Waals surface area contributed by atoms with E-state index in [1.54, 1.807) is 48.2 Å². The first-order valence-corrected chi connectivity index (χ1v) is 14.1. The number of carbonyl (C=O) groups excluding carboxylic acids is 1. The van der Waals surface area contributed by atoms with Crippen LogP contribution in [0.25, 0.3) is 0 Å². The van der Waals surface area contributed by atoms with Crippen molar-refractivity contribution in [1.82, 2.24) is 20.1 Å². The Morgan fingerprint density at radius 1 is 1.09 bits per heavy atom. The predicted molar refractivity (Wildman–Crippen MR) is 134 cm³/mol. The summed E-state index contributed by atoms with van der Waals surface area (Å²) in [7, 11) is -3.72. The number of sulfonamides is 1. The molecular weight excluding hydrogens is 470 g/mol. The van der Waals surface area contributed by atoms with E-state index >= 15 is 0 Å². The van der Waals surface area contributed by atoms with Crippen LogP contribution >= 0.6 is 11.8 Å². The lowest BCUT2D eigenvalue weighted by molar-refractivity contribution is 0.0953. The zero-order valence-electron chi connectivity index (χ0n) is 19.1. The molecule has 0 atom stereocenters. The first kappa shape index (κ1) is 24.3. The summed E-state index contributed by atoms with van der Waals surface area (Å²) in [5, 5.41) is 12.6. The van der Waals surface area contributed by atoms with Gasteiger partial charge in [-0.25, -0.2) is 8.42 Å². The first-order chi connectivity index (χ1) is 16.5. The maximum absolute atomic E-state index is 12.6. The van der Waals surface area contributed by atoms with Crippen molar-refractivity contribution in [2.45, 2.75) is 54.6 Å². The van der Waals surface area contributed by atoms with Crippen molar-refractivity contribution >= 4 is 33.4 Å². The third kappa shape index (κ3) is 5.79. The van der Waals surface area contributed by atoms with Crippen LogP contribution in [0.3, 0.4) is 0 Å². The summed E-state index contributed by atoms with van der Waals surface area (Å²) in [4.78, 5) is 12.8. The van der Waals surface area contributed by atoms with Crippen molar-refractivity contribution in [3.05, 3.63) is 66.0 Å². The van der Waals surface area contributed by atoms with Crippen molar-refractivity contribution in [2.75, 3.05) is 17.5 Å².